The Kier molecular flexibility index (Phi) is 6.71. The lowest BCUT2D eigenvalue weighted by molar-refractivity contribution is 0.0733. The van der Waals surface area contributed by atoms with Crippen molar-refractivity contribution < 1.29 is 28.2 Å². The van der Waals surface area contributed by atoms with Crippen LogP contribution in [0.5, 0.6) is 17.2 Å². The van der Waals surface area contributed by atoms with Gasteiger partial charge in [-0.2, -0.15) is 0 Å². The lowest BCUT2D eigenvalue weighted by Crippen LogP contribution is -2.11. The monoisotopic (exact) mass is 522 g/mol. The zero-order valence-electron chi connectivity index (χ0n) is 20.7. The van der Waals surface area contributed by atoms with Gasteiger partial charge in [0, 0.05) is 35.1 Å². The van der Waals surface area contributed by atoms with Gasteiger partial charge in [-0.15, -0.1) is 0 Å². The van der Waals surface area contributed by atoms with Crippen molar-refractivity contribution >= 4 is 34.3 Å². The number of methoxy groups -OCH3 is 1. The number of fused-ring (bicyclic) bond motifs is 1. The van der Waals surface area contributed by atoms with Gasteiger partial charge in [0.05, 0.1) is 23.6 Å². The molecule has 39 heavy (non-hydrogen) atoms. The number of ether oxygens (including phenoxy) is 3. The first-order valence-electron chi connectivity index (χ1n) is 11.7. The van der Waals surface area contributed by atoms with E-state index in [2.05, 4.69) is 0 Å². The van der Waals surface area contributed by atoms with E-state index in [1.165, 1.54) is 55.6 Å². The molecule has 0 fully saturated rings. The number of hydrogen-bond acceptors (Lipinski definition) is 9. The highest BCUT2D eigenvalue weighted by Gasteiger charge is 2.16. The number of rotatable bonds is 6. The van der Waals surface area contributed by atoms with Gasteiger partial charge in [-0.05, 0) is 72.8 Å². The van der Waals surface area contributed by atoms with E-state index in [0.29, 0.717) is 33.7 Å². The third-order valence-corrected chi connectivity index (χ3v) is 5.81. The lowest BCUT2D eigenvalue weighted by Gasteiger charge is -2.11. The van der Waals surface area contributed by atoms with Gasteiger partial charge in [0.25, 0.3) is 0 Å². The second-order valence-electron chi connectivity index (χ2n) is 8.55. The quantitative estimate of drug-likeness (QED) is 0.177. The van der Waals surface area contributed by atoms with Crippen LogP contribution < -0.4 is 31.1 Å². The van der Waals surface area contributed by atoms with Gasteiger partial charge < -0.3 is 30.1 Å². The molecule has 0 spiro atoms. The van der Waals surface area contributed by atoms with Gasteiger partial charge in [-0.1, -0.05) is 0 Å². The molecule has 4 aromatic carbocycles. The van der Waals surface area contributed by atoms with Crippen LogP contribution >= 0.6 is 0 Å². The van der Waals surface area contributed by atoms with Crippen molar-refractivity contribution in [3.8, 4) is 28.6 Å². The largest absolute Gasteiger partial charge is 0.497 e. The molecule has 1 heterocycles. The molecular formula is C30H22N2O7. The summed E-state index contributed by atoms with van der Waals surface area (Å²) in [5, 5.41) is 0.362. The first kappa shape index (κ1) is 25.1. The maximum Gasteiger partial charge on any atom is 0.343 e. The Morgan fingerprint density at radius 2 is 1.21 bits per heavy atom. The van der Waals surface area contributed by atoms with Gasteiger partial charge in [-0.3, -0.25) is 4.79 Å². The van der Waals surface area contributed by atoms with Gasteiger partial charge >= 0.3 is 11.9 Å². The summed E-state index contributed by atoms with van der Waals surface area (Å²) >= 11 is 0. The predicted molar refractivity (Wildman–Crippen MR) is 146 cm³/mol. The molecule has 0 radical (unpaired) electrons. The van der Waals surface area contributed by atoms with Crippen LogP contribution in [0.2, 0.25) is 0 Å². The van der Waals surface area contributed by atoms with E-state index in [4.69, 9.17) is 30.1 Å². The first-order chi connectivity index (χ1) is 18.8. The minimum atomic E-state index is -0.660. The zero-order chi connectivity index (χ0) is 27.5. The smallest absolute Gasteiger partial charge is 0.343 e. The molecule has 0 aliphatic carbocycles. The number of nitrogen functional groups attached to an aromatic ring is 2. The fourth-order valence-electron chi connectivity index (χ4n) is 3.81. The van der Waals surface area contributed by atoms with Gasteiger partial charge in [0.2, 0.25) is 0 Å². The van der Waals surface area contributed by atoms with Crippen LogP contribution in [0.15, 0.2) is 100 Å². The molecule has 5 aromatic rings. The maximum atomic E-state index is 12.8. The summed E-state index contributed by atoms with van der Waals surface area (Å²) in [6.45, 7) is 0. The summed E-state index contributed by atoms with van der Waals surface area (Å²) in [4.78, 5) is 38.4. The van der Waals surface area contributed by atoms with E-state index in [9.17, 15) is 14.4 Å². The molecule has 5 rings (SSSR count). The number of nitrogens with two attached hydrogens (primary N) is 2. The molecule has 4 N–H and O–H groups in total. The van der Waals surface area contributed by atoms with Crippen molar-refractivity contribution in [1.82, 2.24) is 0 Å². The topological polar surface area (TPSA) is 144 Å². The fraction of sp³-hybridized carbons (Fsp3) is 0.0333. The molecule has 0 aliphatic heterocycles. The summed E-state index contributed by atoms with van der Waals surface area (Å²) in [6, 6.07) is 23.0. The number of anilines is 2. The highest BCUT2D eigenvalue weighted by Crippen LogP contribution is 2.32. The Balaban J connectivity index is 1.56. The molecule has 0 bridgehead atoms. The Hall–Kier alpha value is -5.57. The molecule has 9 heteroatoms. The van der Waals surface area contributed by atoms with E-state index in [0.717, 1.165) is 0 Å². The molecule has 9 nitrogen and oxygen atoms in total. The van der Waals surface area contributed by atoms with Crippen LogP contribution in [0.1, 0.15) is 20.7 Å². The van der Waals surface area contributed by atoms with Crippen LogP contribution in [0, 0.1) is 0 Å². The first-order valence-corrected chi connectivity index (χ1v) is 11.7. The SMILES string of the molecule is COc1ccc2c(=O)cc(-c3cc(OC(=O)c4ccc(N)cc4)cc(OC(=O)c4ccc(N)cc4)c3)oc2c1. The fourth-order valence-corrected chi connectivity index (χ4v) is 3.81. The number of benzene rings is 4. The normalized spacial score (nSPS) is 10.7. The standard InChI is InChI=1S/C30H22N2O7/c1-36-22-10-11-25-26(33)16-27(39-28(25)15-22)19-12-23(37-29(34)17-2-6-20(31)7-3-17)14-24(13-19)38-30(35)18-4-8-21(32)9-5-18/h2-16H,31-32H2,1H3. The predicted octanol–water partition coefficient (Wildman–Crippen LogP) is 5.07. The average molecular weight is 523 g/mol. The Morgan fingerprint density at radius 1 is 0.667 bits per heavy atom. The van der Waals surface area contributed by atoms with Crippen LogP contribution in [0.3, 0.4) is 0 Å². The van der Waals surface area contributed by atoms with Crippen LogP contribution in [-0.2, 0) is 0 Å². The highest BCUT2D eigenvalue weighted by molar-refractivity contribution is 5.93. The highest BCUT2D eigenvalue weighted by atomic mass is 16.5. The molecular weight excluding hydrogens is 500 g/mol. The second kappa shape index (κ2) is 10.4. The second-order valence-corrected chi connectivity index (χ2v) is 8.55. The molecule has 0 unspecified atom stereocenters. The van der Waals surface area contributed by atoms with Gasteiger partial charge in [-0.25, -0.2) is 9.59 Å². The van der Waals surface area contributed by atoms with E-state index >= 15 is 0 Å². The Morgan fingerprint density at radius 3 is 1.72 bits per heavy atom. The summed E-state index contributed by atoms with van der Waals surface area (Å²) in [5.41, 5.74) is 13.3. The lowest BCUT2D eigenvalue weighted by atomic mass is 10.1. The van der Waals surface area contributed by atoms with Crippen molar-refractivity contribution in [3.05, 3.63) is 112 Å². The molecule has 194 valence electrons. The van der Waals surface area contributed by atoms with Crippen molar-refractivity contribution in [1.29, 1.82) is 0 Å². The Bertz CT molecular complexity index is 1680. The third-order valence-electron chi connectivity index (χ3n) is 5.81. The van der Waals surface area contributed by atoms with E-state index in [1.54, 1.807) is 42.5 Å². The average Bonchev–Trinajstić information content (AvgIpc) is 2.93. The summed E-state index contributed by atoms with van der Waals surface area (Å²) < 4.78 is 22.4. The number of carbonyl (C=O) groups excluding carboxylic acids is 2. The van der Waals surface area contributed by atoms with Gasteiger partial charge in [0.15, 0.2) is 5.43 Å². The van der Waals surface area contributed by atoms with Crippen molar-refractivity contribution in [2.75, 3.05) is 18.6 Å². The molecule has 1 aromatic heterocycles. The van der Waals surface area contributed by atoms with E-state index in [1.807, 2.05) is 0 Å². The molecule has 0 saturated carbocycles. The summed E-state index contributed by atoms with van der Waals surface area (Å²) in [6.07, 6.45) is 0. The number of hydrogen-bond donors (Lipinski definition) is 2. The molecule has 0 saturated heterocycles. The summed E-state index contributed by atoms with van der Waals surface area (Å²) in [7, 11) is 1.50. The molecule has 0 aliphatic rings. The van der Waals surface area contributed by atoms with Crippen LogP contribution in [0.4, 0.5) is 11.4 Å². The van der Waals surface area contributed by atoms with E-state index < -0.39 is 11.9 Å². The van der Waals surface area contributed by atoms with Crippen molar-refractivity contribution in [2.45, 2.75) is 0 Å². The third kappa shape index (κ3) is 5.57. The van der Waals surface area contributed by atoms with E-state index in [-0.39, 0.29) is 33.8 Å². The minimum absolute atomic E-state index is 0.0582. The van der Waals surface area contributed by atoms with Crippen molar-refractivity contribution in [2.24, 2.45) is 0 Å². The number of esters is 2. The summed E-state index contributed by atoms with van der Waals surface area (Å²) in [5.74, 6) is -0.533. The Labute approximate surface area is 222 Å². The minimum Gasteiger partial charge on any atom is -0.497 e. The van der Waals surface area contributed by atoms with Crippen LogP contribution in [-0.4, -0.2) is 19.0 Å². The maximum absolute atomic E-state index is 12.8. The molecule has 0 atom stereocenters. The van der Waals surface area contributed by atoms with Gasteiger partial charge in [0.1, 0.15) is 28.6 Å². The number of carbonyl (C=O) groups is 2. The van der Waals surface area contributed by atoms with Crippen molar-refractivity contribution in [3.63, 3.8) is 0 Å². The van der Waals surface area contributed by atoms with Crippen LogP contribution in [0.25, 0.3) is 22.3 Å². The zero-order valence-corrected chi connectivity index (χ0v) is 20.7. The molecule has 0 amide bonds.